The third kappa shape index (κ3) is 3.41. The molecular formula is C16H29N3O. The molecule has 0 radical (unpaired) electrons. The number of hydrogen-bond donors (Lipinski definition) is 1. The Kier molecular flexibility index (Phi) is 5.61. The summed E-state index contributed by atoms with van der Waals surface area (Å²) in [5, 5.41) is 3.67. The Bertz CT molecular complexity index is 396. The Morgan fingerprint density at radius 1 is 1.40 bits per heavy atom. The van der Waals surface area contributed by atoms with Crippen molar-refractivity contribution in [1.29, 1.82) is 0 Å². The molecular weight excluding hydrogens is 250 g/mol. The van der Waals surface area contributed by atoms with E-state index in [2.05, 4.69) is 41.8 Å². The summed E-state index contributed by atoms with van der Waals surface area (Å²) in [6.45, 7) is 9.54. The van der Waals surface area contributed by atoms with Crippen LogP contribution in [0.1, 0.15) is 64.7 Å². The van der Waals surface area contributed by atoms with Crippen molar-refractivity contribution in [3.05, 3.63) is 18.2 Å². The molecule has 0 aromatic carbocycles. The van der Waals surface area contributed by atoms with Crippen LogP contribution in [0.4, 0.5) is 0 Å². The molecule has 2 unspecified atom stereocenters. The second kappa shape index (κ2) is 7.23. The molecule has 2 heterocycles. The van der Waals surface area contributed by atoms with Gasteiger partial charge in [-0.05, 0) is 45.6 Å². The maximum Gasteiger partial charge on any atom is 0.128 e. The van der Waals surface area contributed by atoms with E-state index in [1.54, 1.807) is 0 Å². The summed E-state index contributed by atoms with van der Waals surface area (Å²) in [5.74, 6) is 1.13. The van der Waals surface area contributed by atoms with Gasteiger partial charge in [0.1, 0.15) is 5.82 Å². The van der Waals surface area contributed by atoms with Crippen LogP contribution in [0.15, 0.2) is 12.4 Å². The molecule has 2 rings (SSSR count). The van der Waals surface area contributed by atoms with E-state index >= 15 is 0 Å². The molecule has 1 aromatic heterocycles. The highest BCUT2D eigenvalue weighted by molar-refractivity contribution is 5.08. The zero-order chi connectivity index (χ0) is 14.4. The van der Waals surface area contributed by atoms with Crippen LogP contribution >= 0.6 is 0 Å². The van der Waals surface area contributed by atoms with Crippen LogP contribution in [-0.2, 0) is 11.3 Å². The number of hydrogen-bond acceptors (Lipinski definition) is 3. The molecule has 4 heteroatoms. The van der Waals surface area contributed by atoms with Gasteiger partial charge in [0.25, 0.3) is 0 Å². The molecule has 1 aliphatic heterocycles. The number of aromatic nitrogens is 2. The van der Waals surface area contributed by atoms with Gasteiger partial charge >= 0.3 is 0 Å². The van der Waals surface area contributed by atoms with E-state index in [1.165, 1.54) is 12.8 Å². The first-order chi connectivity index (χ1) is 9.71. The standard InChI is InChI=1S/C16H29N3O/c1-4-9-17-14(16(3)8-6-7-13-20-16)15-18-10-12-19(15)11-5-2/h10,12,14,17H,4-9,11,13H2,1-3H3. The molecule has 1 saturated heterocycles. The van der Waals surface area contributed by atoms with Crippen LogP contribution in [0.2, 0.25) is 0 Å². The van der Waals surface area contributed by atoms with E-state index < -0.39 is 0 Å². The fourth-order valence-electron chi connectivity index (χ4n) is 3.06. The summed E-state index contributed by atoms with van der Waals surface area (Å²) in [7, 11) is 0. The second-order valence-corrected chi connectivity index (χ2v) is 5.98. The van der Waals surface area contributed by atoms with Crippen molar-refractivity contribution >= 4 is 0 Å². The maximum atomic E-state index is 6.17. The molecule has 0 aliphatic carbocycles. The van der Waals surface area contributed by atoms with Crippen LogP contribution in [0.3, 0.4) is 0 Å². The number of ether oxygens (including phenoxy) is 1. The van der Waals surface area contributed by atoms with Gasteiger partial charge < -0.3 is 14.6 Å². The smallest absolute Gasteiger partial charge is 0.128 e. The van der Waals surface area contributed by atoms with Gasteiger partial charge in [0.2, 0.25) is 0 Å². The topological polar surface area (TPSA) is 39.1 Å². The largest absolute Gasteiger partial charge is 0.373 e. The van der Waals surface area contributed by atoms with Gasteiger partial charge in [-0.3, -0.25) is 0 Å². The number of rotatable bonds is 7. The molecule has 20 heavy (non-hydrogen) atoms. The fraction of sp³-hybridized carbons (Fsp3) is 0.812. The zero-order valence-electron chi connectivity index (χ0n) is 13.2. The lowest BCUT2D eigenvalue weighted by atomic mass is 9.87. The summed E-state index contributed by atoms with van der Waals surface area (Å²) in [6, 6.07) is 0.185. The van der Waals surface area contributed by atoms with Crippen LogP contribution in [0.5, 0.6) is 0 Å². The van der Waals surface area contributed by atoms with Crippen LogP contribution in [0.25, 0.3) is 0 Å². The van der Waals surface area contributed by atoms with E-state index in [-0.39, 0.29) is 11.6 Å². The number of imidazole rings is 1. The predicted octanol–water partition coefficient (Wildman–Crippen LogP) is 3.29. The first-order valence-electron chi connectivity index (χ1n) is 8.09. The van der Waals surface area contributed by atoms with Crippen molar-refractivity contribution in [2.75, 3.05) is 13.2 Å². The molecule has 0 saturated carbocycles. The molecule has 2 atom stereocenters. The first kappa shape index (κ1) is 15.5. The Morgan fingerprint density at radius 3 is 2.90 bits per heavy atom. The normalized spacial score (nSPS) is 24.8. The van der Waals surface area contributed by atoms with Crippen molar-refractivity contribution in [3.8, 4) is 0 Å². The van der Waals surface area contributed by atoms with E-state index in [1.807, 2.05) is 6.20 Å². The van der Waals surface area contributed by atoms with Gasteiger partial charge in [0.05, 0.1) is 11.6 Å². The molecule has 0 bridgehead atoms. The van der Waals surface area contributed by atoms with E-state index in [4.69, 9.17) is 4.74 Å². The Morgan fingerprint density at radius 2 is 2.25 bits per heavy atom. The van der Waals surface area contributed by atoms with Gasteiger partial charge in [-0.1, -0.05) is 13.8 Å². The monoisotopic (exact) mass is 279 g/mol. The summed E-state index contributed by atoms with van der Waals surface area (Å²) in [5.41, 5.74) is -0.135. The van der Waals surface area contributed by atoms with Crippen LogP contribution < -0.4 is 5.32 Å². The van der Waals surface area contributed by atoms with Crippen molar-refractivity contribution in [2.45, 2.75) is 71.1 Å². The number of nitrogens with one attached hydrogen (secondary N) is 1. The SMILES string of the molecule is CCCNC(c1nccn1CCC)C1(C)CCCCO1. The van der Waals surface area contributed by atoms with Gasteiger partial charge in [-0.15, -0.1) is 0 Å². The van der Waals surface area contributed by atoms with Gasteiger partial charge in [-0.2, -0.15) is 0 Å². The third-order valence-corrected chi connectivity index (χ3v) is 4.18. The van der Waals surface area contributed by atoms with Crippen LogP contribution in [-0.4, -0.2) is 28.3 Å². The molecule has 1 N–H and O–H groups in total. The molecule has 1 fully saturated rings. The minimum Gasteiger partial charge on any atom is -0.373 e. The van der Waals surface area contributed by atoms with E-state index in [0.29, 0.717) is 0 Å². The molecule has 0 amide bonds. The predicted molar refractivity (Wildman–Crippen MR) is 81.8 cm³/mol. The van der Waals surface area contributed by atoms with Crippen molar-refractivity contribution in [2.24, 2.45) is 0 Å². The lowest BCUT2D eigenvalue weighted by Gasteiger charge is -2.40. The minimum absolute atomic E-state index is 0.135. The summed E-state index contributed by atoms with van der Waals surface area (Å²) < 4.78 is 8.44. The second-order valence-electron chi connectivity index (χ2n) is 5.98. The summed E-state index contributed by atoms with van der Waals surface area (Å²) in [4.78, 5) is 4.63. The fourth-order valence-corrected chi connectivity index (χ4v) is 3.06. The lowest BCUT2D eigenvalue weighted by Crippen LogP contribution is -2.47. The highest BCUT2D eigenvalue weighted by Crippen LogP contribution is 2.36. The van der Waals surface area contributed by atoms with E-state index in [9.17, 15) is 0 Å². The maximum absolute atomic E-state index is 6.17. The minimum atomic E-state index is -0.135. The molecule has 0 spiro atoms. The van der Waals surface area contributed by atoms with Crippen molar-refractivity contribution in [1.82, 2.24) is 14.9 Å². The van der Waals surface area contributed by atoms with Crippen molar-refractivity contribution in [3.63, 3.8) is 0 Å². The highest BCUT2D eigenvalue weighted by atomic mass is 16.5. The Labute approximate surface area is 122 Å². The van der Waals surface area contributed by atoms with Gasteiger partial charge in [0.15, 0.2) is 0 Å². The average Bonchev–Trinajstić information content (AvgIpc) is 2.88. The molecule has 114 valence electrons. The molecule has 1 aliphatic rings. The Balaban J connectivity index is 2.23. The van der Waals surface area contributed by atoms with Gasteiger partial charge in [-0.25, -0.2) is 4.98 Å². The summed E-state index contributed by atoms with van der Waals surface area (Å²) in [6.07, 6.45) is 9.79. The molecule has 1 aromatic rings. The van der Waals surface area contributed by atoms with E-state index in [0.717, 1.165) is 44.8 Å². The number of nitrogens with zero attached hydrogens (tertiary/aromatic N) is 2. The quantitative estimate of drug-likeness (QED) is 0.832. The molecule has 4 nitrogen and oxygen atoms in total. The van der Waals surface area contributed by atoms with Crippen molar-refractivity contribution < 1.29 is 4.74 Å². The highest BCUT2D eigenvalue weighted by Gasteiger charge is 2.39. The van der Waals surface area contributed by atoms with Crippen LogP contribution in [0, 0.1) is 0 Å². The lowest BCUT2D eigenvalue weighted by molar-refractivity contribution is -0.0920. The summed E-state index contributed by atoms with van der Waals surface area (Å²) >= 11 is 0. The Hall–Kier alpha value is -0.870. The van der Waals surface area contributed by atoms with Gasteiger partial charge in [0, 0.05) is 25.5 Å². The first-order valence-corrected chi connectivity index (χ1v) is 8.09. The number of aryl methyl sites for hydroxylation is 1. The zero-order valence-corrected chi connectivity index (χ0v) is 13.2. The third-order valence-electron chi connectivity index (χ3n) is 4.18. The average molecular weight is 279 g/mol.